The standard InChI is InChI=1S/C13H18N2O3/c16-12(11-4-8-18-14-11)15-7-6-13(17)5-2-1-3-10(13)9-15/h4,8,10,17H,1-3,5-7,9H2. The van der Waals surface area contributed by atoms with E-state index in [1.165, 1.54) is 6.26 Å². The predicted octanol–water partition coefficient (Wildman–Crippen LogP) is 1.44. The highest BCUT2D eigenvalue weighted by molar-refractivity contribution is 5.92. The number of hydrogen-bond donors (Lipinski definition) is 1. The van der Waals surface area contributed by atoms with Gasteiger partial charge >= 0.3 is 0 Å². The summed E-state index contributed by atoms with van der Waals surface area (Å²) in [7, 11) is 0. The Labute approximate surface area is 106 Å². The topological polar surface area (TPSA) is 66.6 Å². The van der Waals surface area contributed by atoms with Crippen molar-refractivity contribution in [1.82, 2.24) is 10.1 Å². The molecular formula is C13H18N2O3. The molecule has 98 valence electrons. The van der Waals surface area contributed by atoms with Crippen molar-refractivity contribution in [3.63, 3.8) is 0 Å². The summed E-state index contributed by atoms with van der Waals surface area (Å²) in [5, 5.41) is 14.2. The van der Waals surface area contributed by atoms with Crippen LogP contribution >= 0.6 is 0 Å². The van der Waals surface area contributed by atoms with Crippen molar-refractivity contribution in [2.75, 3.05) is 13.1 Å². The van der Waals surface area contributed by atoms with Crippen LogP contribution in [0.4, 0.5) is 0 Å². The minimum atomic E-state index is -0.543. The van der Waals surface area contributed by atoms with Gasteiger partial charge in [-0.1, -0.05) is 18.0 Å². The molecule has 2 aliphatic rings. The molecule has 2 heterocycles. The number of likely N-dealkylation sites (tertiary alicyclic amines) is 1. The second-order valence-corrected chi connectivity index (χ2v) is 5.43. The highest BCUT2D eigenvalue weighted by atomic mass is 16.5. The molecule has 0 spiro atoms. The molecule has 1 N–H and O–H groups in total. The Morgan fingerprint density at radius 3 is 3.17 bits per heavy atom. The number of hydrogen-bond acceptors (Lipinski definition) is 4. The molecular weight excluding hydrogens is 232 g/mol. The summed E-state index contributed by atoms with van der Waals surface area (Å²) in [5.74, 6) is 0.132. The summed E-state index contributed by atoms with van der Waals surface area (Å²) in [6.07, 6.45) is 6.24. The summed E-state index contributed by atoms with van der Waals surface area (Å²) >= 11 is 0. The van der Waals surface area contributed by atoms with E-state index in [0.717, 1.165) is 25.7 Å². The SMILES string of the molecule is O=C(c1ccon1)N1CCC2(O)CCCCC2C1. The first kappa shape index (κ1) is 11.7. The molecule has 2 fully saturated rings. The Kier molecular flexibility index (Phi) is 2.86. The van der Waals surface area contributed by atoms with Crippen molar-refractivity contribution in [3.05, 3.63) is 18.0 Å². The number of rotatable bonds is 1. The molecule has 1 aromatic rings. The van der Waals surface area contributed by atoms with E-state index in [9.17, 15) is 9.90 Å². The number of carbonyl (C=O) groups is 1. The fourth-order valence-corrected chi connectivity index (χ4v) is 3.24. The van der Waals surface area contributed by atoms with Gasteiger partial charge in [-0.2, -0.15) is 0 Å². The number of nitrogens with zero attached hydrogens (tertiary/aromatic N) is 2. The third kappa shape index (κ3) is 1.92. The molecule has 1 amide bonds. The van der Waals surface area contributed by atoms with E-state index in [1.54, 1.807) is 11.0 Å². The normalized spacial score (nSPS) is 32.1. The highest BCUT2D eigenvalue weighted by Gasteiger charge is 2.43. The molecule has 18 heavy (non-hydrogen) atoms. The molecule has 1 saturated heterocycles. The number of piperidine rings is 1. The maximum absolute atomic E-state index is 12.2. The summed E-state index contributed by atoms with van der Waals surface area (Å²) < 4.78 is 4.71. The van der Waals surface area contributed by atoms with Crippen LogP contribution in [0.5, 0.6) is 0 Å². The quantitative estimate of drug-likeness (QED) is 0.819. The lowest BCUT2D eigenvalue weighted by Crippen LogP contribution is -2.54. The van der Waals surface area contributed by atoms with E-state index in [2.05, 4.69) is 5.16 Å². The van der Waals surface area contributed by atoms with Crippen LogP contribution in [0.2, 0.25) is 0 Å². The lowest BCUT2D eigenvalue weighted by atomic mass is 9.71. The smallest absolute Gasteiger partial charge is 0.276 e. The Bertz CT molecular complexity index is 431. The second-order valence-electron chi connectivity index (χ2n) is 5.43. The third-order valence-corrected chi connectivity index (χ3v) is 4.37. The maximum atomic E-state index is 12.2. The molecule has 1 aromatic heterocycles. The minimum absolute atomic E-state index is 0.0867. The Balaban J connectivity index is 1.72. The van der Waals surface area contributed by atoms with Crippen molar-refractivity contribution in [2.45, 2.75) is 37.7 Å². The zero-order chi connectivity index (χ0) is 12.6. The highest BCUT2D eigenvalue weighted by Crippen LogP contribution is 2.39. The van der Waals surface area contributed by atoms with E-state index >= 15 is 0 Å². The molecule has 5 nitrogen and oxygen atoms in total. The van der Waals surface area contributed by atoms with E-state index in [0.29, 0.717) is 25.2 Å². The zero-order valence-corrected chi connectivity index (χ0v) is 10.3. The van der Waals surface area contributed by atoms with Crippen molar-refractivity contribution < 1.29 is 14.4 Å². The monoisotopic (exact) mass is 250 g/mol. The summed E-state index contributed by atoms with van der Waals surface area (Å²) in [6, 6.07) is 1.59. The molecule has 1 saturated carbocycles. The van der Waals surface area contributed by atoms with Crippen LogP contribution in [-0.2, 0) is 0 Å². The largest absolute Gasteiger partial charge is 0.389 e. The van der Waals surface area contributed by atoms with Crippen molar-refractivity contribution >= 4 is 5.91 Å². The molecule has 2 unspecified atom stereocenters. The van der Waals surface area contributed by atoms with Crippen LogP contribution in [0.3, 0.4) is 0 Å². The first-order valence-corrected chi connectivity index (χ1v) is 6.61. The van der Waals surface area contributed by atoms with Gasteiger partial charge in [-0.25, -0.2) is 0 Å². The van der Waals surface area contributed by atoms with E-state index in [-0.39, 0.29) is 11.8 Å². The Morgan fingerprint density at radius 2 is 2.39 bits per heavy atom. The fraction of sp³-hybridized carbons (Fsp3) is 0.692. The number of aliphatic hydroxyl groups is 1. The van der Waals surface area contributed by atoms with E-state index in [4.69, 9.17) is 4.52 Å². The minimum Gasteiger partial charge on any atom is -0.389 e. The van der Waals surface area contributed by atoms with Crippen molar-refractivity contribution in [1.29, 1.82) is 0 Å². The summed E-state index contributed by atoms with van der Waals surface area (Å²) in [4.78, 5) is 14.0. The summed E-state index contributed by atoms with van der Waals surface area (Å²) in [6.45, 7) is 1.25. The van der Waals surface area contributed by atoms with Gasteiger partial charge in [0.2, 0.25) is 0 Å². The number of aromatic nitrogens is 1. The van der Waals surface area contributed by atoms with Gasteiger partial charge in [0, 0.05) is 25.1 Å². The van der Waals surface area contributed by atoms with E-state index < -0.39 is 5.60 Å². The molecule has 5 heteroatoms. The van der Waals surface area contributed by atoms with Gasteiger partial charge < -0.3 is 14.5 Å². The molecule has 2 atom stereocenters. The molecule has 1 aliphatic heterocycles. The van der Waals surface area contributed by atoms with Gasteiger partial charge in [-0.3, -0.25) is 4.79 Å². The molecule has 0 radical (unpaired) electrons. The van der Waals surface area contributed by atoms with Gasteiger partial charge in [-0.05, 0) is 19.3 Å². The van der Waals surface area contributed by atoms with Crippen LogP contribution in [0.15, 0.2) is 16.9 Å². The van der Waals surface area contributed by atoms with Crippen LogP contribution < -0.4 is 0 Å². The van der Waals surface area contributed by atoms with Crippen LogP contribution in [0.25, 0.3) is 0 Å². The Hall–Kier alpha value is -1.36. The number of amides is 1. The second kappa shape index (κ2) is 4.39. The van der Waals surface area contributed by atoms with Gasteiger partial charge in [0.05, 0.1) is 5.60 Å². The lowest BCUT2D eigenvalue weighted by molar-refractivity contribution is -0.0887. The Morgan fingerprint density at radius 1 is 1.50 bits per heavy atom. The van der Waals surface area contributed by atoms with Crippen molar-refractivity contribution in [3.8, 4) is 0 Å². The van der Waals surface area contributed by atoms with Crippen LogP contribution in [0, 0.1) is 5.92 Å². The maximum Gasteiger partial charge on any atom is 0.276 e. The molecule has 0 aromatic carbocycles. The molecule has 0 bridgehead atoms. The number of carbonyl (C=O) groups excluding carboxylic acids is 1. The lowest BCUT2D eigenvalue weighted by Gasteiger charge is -2.47. The van der Waals surface area contributed by atoms with Gasteiger partial charge in [0.1, 0.15) is 6.26 Å². The van der Waals surface area contributed by atoms with Gasteiger partial charge in [0.15, 0.2) is 5.69 Å². The van der Waals surface area contributed by atoms with E-state index in [1.807, 2.05) is 0 Å². The first-order valence-electron chi connectivity index (χ1n) is 6.61. The van der Waals surface area contributed by atoms with Crippen molar-refractivity contribution in [2.24, 2.45) is 5.92 Å². The fourth-order valence-electron chi connectivity index (χ4n) is 3.24. The zero-order valence-electron chi connectivity index (χ0n) is 10.3. The third-order valence-electron chi connectivity index (χ3n) is 4.37. The van der Waals surface area contributed by atoms with Crippen LogP contribution in [0.1, 0.15) is 42.6 Å². The van der Waals surface area contributed by atoms with Gasteiger partial charge in [0.25, 0.3) is 5.91 Å². The van der Waals surface area contributed by atoms with Gasteiger partial charge in [-0.15, -0.1) is 0 Å². The molecule has 3 rings (SSSR count). The first-order chi connectivity index (χ1) is 8.69. The number of fused-ring (bicyclic) bond motifs is 1. The average molecular weight is 250 g/mol. The average Bonchev–Trinajstić information content (AvgIpc) is 2.90. The van der Waals surface area contributed by atoms with Crippen LogP contribution in [-0.4, -0.2) is 39.8 Å². The predicted molar refractivity (Wildman–Crippen MR) is 63.9 cm³/mol. The summed E-state index contributed by atoms with van der Waals surface area (Å²) in [5.41, 5.74) is -0.185. The molecule has 1 aliphatic carbocycles.